The van der Waals surface area contributed by atoms with E-state index in [-0.39, 0.29) is 29.7 Å². The van der Waals surface area contributed by atoms with Crippen molar-refractivity contribution < 1.29 is 27.3 Å². The molecule has 1 rings (SSSR count). The molecule has 0 saturated heterocycles. The summed E-state index contributed by atoms with van der Waals surface area (Å²) in [5.41, 5.74) is 0.0503. The molecular weight excluding hydrogens is 394 g/mol. The molecule has 1 atom stereocenters. The first-order valence-electron chi connectivity index (χ1n) is 10.3. The molecule has 29 heavy (non-hydrogen) atoms. The van der Waals surface area contributed by atoms with Gasteiger partial charge < -0.3 is 10.1 Å². The number of amides is 1. The third-order valence-corrected chi connectivity index (χ3v) is 5.53. The number of hydrogen-bond donors (Lipinski definition) is 2. The van der Waals surface area contributed by atoms with Crippen LogP contribution >= 0.6 is 0 Å². The highest BCUT2D eigenvalue weighted by molar-refractivity contribution is 7.86. The van der Waals surface area contributed by atoms with Crippen LogP contribution in [0.2, 0.25) is 0 Å². The van der Waals surface area contributed by atoms with Crippen molar-refractivity contribution >= 4 is 27.7 Å². The summed E-state index contributed by atoms with van der Waals surface area (Å²) < 4.78 is 38.2. The highest BCUT2D eigenvalue weighted by atomic mass is 32.2. The molecule has 2 N–H and O–H groups in total. The van der Waals surface area contributed by atoms with E-state index in [2.05, 4.69) is 12.2 Å². The summed E-state index contributed by atoms with van der Waals surface area (Å²) in [5, 5.41) is 2.64. The number of unbranched alkanes of at least 4 members (excludes halogenated alkanes) is 5. The Hall–Kier alpha value is -1.93. The van der Waals surface area contributed by atoms with Crippen LogP contribution in [-0.2, 0) is 19.7 Å². The lowest BCUT2D eigenvalue weighted by atomic mass is 10.0. The zero-order chi connectivity index (χ0) is 21.9. The summed E-state index contributed by atoms with van der Waals surface area (Å²) in [6.07, 6.45) is 7.39. The summed E-state index contributed by atoms with van der Waals surface area (Å²) in [4.78, 5) is 24.1. The fourth-order valence-corrected chi connectivity index (χ4v) is 3.51. The SMILES string of the molecule is CCCCCCC(C)C(=O)Nc1cccc(S(=O)(=O)O)c1OC(=O)CCCCC. The van der Waals surface area contributed by atoms with Gasteiger partial charge in [-0.05, 0) is 25.0 Å². The lowest BCUT2D eigenvalue weighted by Crippen LogP contribution is -2.22. The minimum absolute atomic E-state index is 0.0503. The maximum Gasteiger partial charge on any atom is 0.311 e. The lowest BCUT2D eigenvalue weighted by Gasteiger charge is -2.16. The van der Waals surface area contributed by atoms with Crippen molar-refractivity contribution in [3.8, 4) is 5.75 Å². The highest BCUT2D eigenvalue weighted by Gasteiger charge is 2.24. The quantitative estimate of drug-likeness (QED) is 0.199. The number of para-hydroxylation sites is 1. The van der Waals surface area contributed by atoms with E-state index in [1.165, 1.54) is 12.1 Å². The molecule has 0 aliphatic heterocycles. The molecule has 7 nitrogen and oxygen atoms in total. The predicted molar refractivity (Wildman–Crippen MR) is 113 cm³/mol. The topological polar surface area (TPSA) is 110 Å². The average Bonchev–Trinajstić information content (AvgIpc) is 2.65. The summed E-state index contributed by atoms with van der Waals surface area (Å²) in [6, 6.07) is 3.96. The van der Waals surface area contributed by atoms with Crippen molar-refractivity contribution in [2.24, 2.45) is 5.92 Å². The first-order chi connectivity index (χ1) is 13.7. The lowest BCUT2D eigenvalue weighted by molar-refractivity contribution is -0.134. The Kier molecular flexibility index (Phi) is 10.9. The molecule has 0 bridgehead atoms. The summed E-state index contributed by atoms with van der Waals surface area (Å²) in [5.74, 6) is -1.53. The first-order valence-corrected chi connectivity index (χ1v) is 11.8. The van der Waals surface area contributed by atoms with Crippen molar-refractivity contribution in [1.82, 2.24) is 0 Å². The van der Waals surface area contributed by atoms with Crippen molar-refractivity contribution in [1.29, 1.82) is 0 Å². The zero-order valence-electron chi connectivity index (χ0n) is 17.6. The van der Waals surface area contributed by atoms with Crippen LogP contribution < -0.4 is 10.1 Å². The van der Waals surface area contributed by atoms with E-state index >= 15 is 0 Å². The fraction of sp³-hybridized carbons (Fsp3) is 0.619. The van der Waals surface area contributed by atoms with Crippen molar-refractivity contribution in [3.63, 3.8) is 0 Å². The molecule has 1 aromatic carbocycles. The molecule has 0 fully saturated rings. The van der Waals surface area contributed by atoms with Crippen LogP contribution in [0.4, 0.5) is 5.69 Å². The molecule has 0 saturated carbocycles. The van der Waals surface area contributed by atoms with Gasteiger partial charge in [0.05, 0.1) is 5.69 Å². The van der Waals surface area contributed by atoms with E-state index in [1.54, 1.807) is 6.92 Å². The molecule has 0 spiro atoms. The second-order valence-corrected chi connectivity index (χ2v) is 8.67. The van der Waals surface area contributed by atoms with Gasteiger partial charge in [-0.2, -0.15) is 8.42 Å². The largest absolute Gasteiger partial charge is 0.423 e. The second kappa shape index (κ2) is 12.6. The van der Waals surface area contributed by atoms with Gasteiger partial charge in [-0.3, -0.25) is 14.1 Å². The van der Waals surface area contributed by atoms with E-state index < -0.39 is 21.0 Å². The van der Waals surface area contributed by atoms with E-state index in [0.717, 1.165) is 44.6 Å². The van der Waals surface area contributed by atoms with Crippen LogP contribution in [0.15, 0.2) is 23.1 Å². The van der Waals surface area contributed by atoms with Crippen LogP contribution in [0.3, 0.4) is 0 Å². The zero-order valence-corrected chi connectivity index (χ0v) is 18.4. The van der Waals surface area contributed by atoms with Crippen LogP contribution in [0, 0.1) is 5.92 Å². The molecule has 8 heteroatoms. The molecular formula is C21H33NO6S. The van der Waals surface area contributed by atoms with Gasteiger partial charge in [0.25, 0.3) is 10.1 Å². The van der Waals surface area contributed by atoms with Crippen LogP contribution in [0.5, 0.6) is 5.75 Å². The Labute approximate surface area is 174 Å². The summed E-state index contributed by atoms with van der Waals surface area (Å²) in [6.45, 7) is 5.91. The minimum atomic E-state index is -4.63. The maximum absolute atomic E-state index is 12.5. The Morgan fingerprint density at radius 2 is 1.72 bits per heavy atom. The van der Waals surface area contributed by atoms with Gasteiger partial charge in [-0.1, -0.05) is 65.4 Å². The van der Waals surface area contributed by atoms with Gasteiger partial charge in [-0.25, -0.2) is 0 Å². The van der Waals surface area contributed by atoms with Crippen LogP contribution in [-0.4, -0.2) is 24.8 Å². The molecule has 1 aromatic rings. The average molecular weight is 428 g/mol. The Morgan fingerprint density at radius 1 is 1.07 bits per heavy atom. The van der Waals surface area contributed by atoms with E-state index in [1.807, 2.05) is 6.92 Å². The van der Waals surface area contributed by atoms with Gasteiger partial charge >= 0.3 is 5.97 Å². The van der Waals surface area contributed by atoms with Crippen molar-refractivity contribution in [2.75, 3.05) is 5.32 Å². The molecule has 164 valence electrons. The number of anilines is 1. The third kappa shape index (κ3) is 8.95. The van der Waals surface area contributed by atoms with Gasteiger partial charge in [0.15, 0.2) is 5.75 Å². The smallest absolute Gasteiger partial charge is 0.311 e. The monoisotopic (exact) mass is 427 g/mol. The Bertz CT molecular complexity index is 775. The summed E-state index contributed by atoms with van der Waals surface area (Å²) >= 11 is 0. The van der Waals surface area contributed by atoms with E-state index in [4.69, 9.17) is 4.74 Å². The molecule has 0 aliphatic rings. The number of rotatable bonds is 13. The third-order valence-electron chi connectivity index (χ3n) is 4.65. The molecule has 1 unspecified atom stereocenters. The predicted octanol–water partition coefficient (Wildman–Crippen LogP) is 4.96. The Balaban J connectivity index is 2.98. The number of carbonyl (C=O) groups is 2. The van der Waals surface area contributed by atoms with E-state index in [0.29, 0.717) is 12.8 Å². The number of esters is 1. The fourth-order valence-electron chi connectivity index (χ4n) is 2.87. The maximum atomic E-state index is 12.5. The molecule has 0 aliphatic carbocycles. The van der Waals surface area contributed by atoms with Gasteiger partial charge in [-0.15, -0.1) is 0 Å². The first kappa shape index (κ1) is 25.1. The van der Waals surface area contributed by atoms with Gasteiger partial charge in [0.2, 0.25) is 5.91 Å². The molecule has 0 radical (unpaired) electrons. The number of hydrogen-bond acceptors (Lipinski definition) is 5. The number of carbonyl (C=O) groups excluding carboxylic acids is 2. The standard InChI is InChI=1S/C21H33NO6S/c1-4-6-8-10-12-16(3)21(24)22-17-13-11-14-18(29(25,26)27)20(17)28-19(23)15-9-7-5-2/h11,13-14,16H,4-10,12,15H2,1-3H3,(H,22,24)(H,25,26,27). The Morgan fingerprint density at radius 3 is 2.34 bits per heavy atom. The molecule has 0 aromatic heterocycles. The second-order valence-electron chi connectivity index (χ2n) is 7.28. The number of ether oxygens (including phenoxy) is 1. The van der Waals surface area contributed by atoms with Crippen LogP contribution in [0.25, 0.3) is 0 Å². The molecule has 0 heterocycles. The highest BCUT2D eigenvalue weighted by Crippen LogP contribution is 2.33. The summed E-state index contributed by atoms with van der Waals surface area (Å²) in [7, 11) is -4.63. The van der Waals surface area contributed by atoms with Gasteiger partial charge in [0.1, 0.15) is 4.90 Å². The number of benzene rings is 1. The van der Waals surface area contributed by atoms with Crippen molar-refractivity contribution in [3.05, 3.63) is 18.2 Å². The van der Waals surface area contributed by atoms with Crippen LogP contribution in [0.1, 0.15) is 78.6 Å². The minimum Gasteiger partial charge on any atom is -0.423 e. The van der Waals surface area contributed by atoms with Gasteiger partial charge in [0, 0.05) is 12.3 Å². The van der Waals surface area contributed by atoms with E-state index in [9.17, 15) is 22.6 Å². The van der Waals surface area contributed by atoms with Crippen molar-refractivity contribution in [2.45, 2.75) is 83.5 Å². The number of nitrogens with one attached hydrogen (secondary N) is 1. The normalized spacial score (nSPS) is 12.4. The molecule has 1 amide bonds.